The molecular formula is C6H7BBrNO. The molecule has 1 rings (SSSR count). The van der Waals surface area contributed by atoms with Gasteiger partial charge in [-0.25, -0.2) is 0 Å². The fourth-order valence-electron chi connectivity index (χ4n) is 0.657. The van der Waals surface area contributed by atoms with Gasteiger partial charge in [-0.2, -0.15) is 0 Å². The number of hydrogen-bond acceptors (Lipinski definition) is 2. The van der Waals surface area contributed by atoms with E-state index in [1.54, 1.807) is 19.2 Å². The number of nitrogens with zero attached hydrogens (tertiary/aromatic N) is 1. The van der Waals surface area contributed by atoms with Crippen LogP contribution < -0.4 is 5.46 Å². The Morgan fingerprint density at radius 3 is 2.70 bits per heavy atom. The highest BCUT2D eigenvalue weighted by Gasteiger charge is 2.05. The first-order valence-corrected chi connectivity index (χ1v) is 3.78. The minimum absolute atomic E-state index is 0.440. The molecule has 0 aliphatic rings. The summed E-state index contributed by atoms with van der Waals surface area (Å²) in [6, 6.07) is 1.84. The molecule has 1 N–H and O–H groups in total. The van der Waals surface area contributed by atoms with Crippen LogP contribution in [0.3, 0.4) is 0 Å². The van der Waals surface area contributed by atoms with Gasteiger partial charge in [-0.3, -0.25) is 4.98 Å². The van der Waals surface area contributed by atoms with Crippen LogP contribution in [0.1, 0.15) is 0 Å². The summed E-state index contributed by atoms with van der Waals surface area (Å²) in [6.07, 6.45) is 3.33. The lowest BCUT2D eigenvalue weighted by Gasteiger charge is -1.98. The van der Waals surface area contributed by atoms with Crippen molar-refractivity contribution in [1.82, 2.24) is 4.98 Å². The number of hydrogen-bond donors (Lipinski definition) is 1. The molecule has 0 fully saturated rings. The van der Waals surface area contributed by atoms with Crippen molar-refractivity contribution in [3.63, 3.8) is 0 Å². The van der Waals surface area contributed by atoms with Crippen LogP contribution in [0.5, 0.6) is 0 Å². The average molecular weight is 200 g/mol. The molecule has 0 saturated heterocycles. The Kier molecular flexibility index (Phi) is 2.46. The SMILES string of the molecule is CB(O)c1cncc(Br)c1. The highest BCUT2D eigenvalue weighted by atomic mass is 79.9. The predicted octanol–water partition coefficient (Wildman–Crippen LogP) is 0.665. The van der Waals surface area contributed by atoms with Gasteiger partial charge in [0.05, 0.1) is 0 Å². The van der Waals surface area contributed by atoms with E-state index >= 15 is 0 Å². The zero-order chi connectivity index (χ0) is 7.56. The molecule has 0 radical (unpaired) electrons. The second kappa shape index (κ2) is 3.17. The molecule has 10 heavy (non-hydrogen) atoms. The summed E-state index contributed by atoms with van der Waals surface area (Å²) in [4.78, 5) is 3.90. The molecule has 0 unspecified atom stereocenters. The van der Waals surface area contributed by atoms with Crippen LogP contribution in [-0.4, -0.2) is 16.9 Å². The van der Waals surface area contributed by atoms with Crippen molar-refractivity contribution in [2.24, 2.45) is 0 Å². The number of halogens is 1. The highest BCUT2D eigenvalue weighted by molar-refractivity contribution is 9.10. The van der Waals surface area contributed by atoms with Crippen LogP contribution >= 0.6 is 15.9 Å². The van der Waals surface area contributed by atoms with Gasteiger partial charge in [0.25, 0.3) is 0 Å². The van der Waals surface area contributed by atoms with Crippen LogP contribution in [0.4, 0.5) is 0 Å². The van der Waals surface area contributed by atoms with Gasteiger partial charge in [0.1, 0.15) is 0 Å². The predicted molar refractivity (Wildman–Crippen MR) is 45.4 cm³/mol. The summed E-state index contributed by atoms with van der Waals surface area (Å²) < 4.78 is 0.894. The van der Waals surface area contributed by atoms with Crippen molar-refractivity contribution in [2.75, 3.05) is 0 Å². The van der Waals surface area contributed by atoms with Crippen LogP contribution in [0.2, 0.25) is 6.82 Å². The van der Waals surface area contributed by atoms with E-state index in [0.717, 1.165) is 9.94 Å². The number of pyridine rings is 1. The van der Waals surface area contributed by atoms with Gasteiger partial charge in [-0.1, -0.05) is 6.82 Å². The third kappa shape index (κ3) is 1.82. The maximum absolute atomic E-state index is 9.09. The van der Waals surface area contributed by atoms with E-state index in [0.29, 0.717) is 0 Å². The summed E-state index contributed by atoms with van der Waals surface area (Å²) in [5, 5.41) is 9.09. The van der Waals surface area contributed by atoms with E-state index in [2.05, 4.69) is 20.9 Å². The van der Waals surface area contributed by atoms with Crippen molar-refractivity contribution in [3.05, 3.63) is 22.9 Å². The van der Waals surface area contributed by atoms with E-state index in [9.17, 15) is 0 Å². The van der Waals surface area contributed by atoms with E-state index in [4.69, 9.17) is 5.02 Å². The quantitative estimate of drug-likeness (QED) is 0.675. The molecule has 0 spiro atoms. The molecule has 0 aromatic carbocycles. The van der Waals surface area contributed by atoms with Crippen LogP contribution in [-0.2, 0) is 0 Å². The lowest BCUT2D eigenvalue weighted by molar-refractivity contribution is 0.593. The highest BCUT2D eigenvalue weighted by Crippen LogP contribution is 2.03. The third-order valence-corrected chi connectivity index (χ3v) is 1.64. The zero-order valence-electron chi connectivity index (χ0n) is 5.58. The van der Waals surface area contributed by atoms with Gasteiger partial charge >= 0.3 is 6.92 Å². The van der Waals surface area contributed by atoms with Crippen molar-refractivity contribution < 1.29 is 5.02 Å². The van der Waals surface area contributed by atoms with Crippen molar-refractivity contribution >= 4 is 28.3 Å². The maximum Gasteiger partial charge on any atom is 0.321 e. The Morgan fingerprint density at radius 1 is 1.60 bits per heavy atom. The smallest absolute Gasteiger partial charge is 0.321 e. The number of rotatable bonds is 1. The van der Waals surface area contributed by atoms with Gasteiger partial charge in [0.2, 0.25) is 0 Å². The molecular weight excluding hydrogens is 193 g/mol. The fraction of sp³-hybridized carbons (Fsp3) is 0.167. The summed E-state index contributed by atoms with van der Waals surface area (Å²) >= 11 is 3.26. The van der Waals surface area contributed by atoms with Gasteiger partial charge in [-0.15, -0.1) is 0 Å². The van der Waals surface area contributed by atoms with Crippen molar-refractivity contribution in [1.29, 1.82) is 0 Å². The molecule has 2 nitrogen and oxygen atoms in total. The van der Waals surface area contributed by atoms with E-state index < -0.39 is 6.92 Å². The van der Waals surface area contributed by atoms with Crippen LogP contribution in [0.15, 0.2) is 22.9 Å². The summed E-state index contributed by atoms with van der Waals surface area (Å²) in [6.45, 7) is 1.27. The molecule has 4 heteroatoms. The summed E-state index contributed by atoms with van der Waals surface area (Å²) in [5.41, 5.74) is 0.828. The van der Waals surface area contributed by atoms with Crippen molar-refractivity contribution in [2.45, 2.75) is 6.82 Å². The summed E-state index contributed by atoms with van der Waals surface area (Å²) in [5.74, 6) is 0. The lowest BCUT2D eigenvalue weighted by Crippen LogP contribution is -2.26. The van der Waals surface area contributed by atoms with Gasteiger partial charge in [0, 0.05) is 16.9 Å². The minimum atomic E-state index is -0.440. The molecule has 0 saturated carbocycles. The Morgan fingerprint density at radius 2 is 2.30 bits per heavy atom. The molecule has 0 bridgehead atoms. The Bertz CT molecular complexity index is 229. The molecule has 0 aliphatic carbocycles. The first kappa shape index (κ1) is 7.76. The molecule has 1 aromatic rings. The molecule has 0 amide bonds. The van der Waals surface area contributed by atoms with E-state index in [-0.39, 0.29) is 0 Å². The Labute approximate surface area is 68.5 Å². The second-order valence-electron chi connectivity index (χ2n) is 2.11. The van der Waals surface area contributed by atoms with Gasteiger partial charge in [-0.05, 0) is 27.5 Å². The number of aromatic nitrogens is 1. The molecule has 52 valence electrons. The fourth-order valence-corrected chi connectivity index (χ4v) is 1.04. The molecule has 0 aliphatic heterocycles. The molecule has 1 aromatic heterocycles. The zero-order valence-corrected chi connectivity index (χ0v) is 7.17. The minimum Gasteiger partial charge on any atom is -0.446 e. The normalized spacial score (nSPS) is 9.50. The Balaban J connectivity index is 2.96. The topological polar surface area (TPSA) is 33.1 Å². The van der Waals surface area contributed by atoms with Gasteiger partial charge < -0.3 is 5.02 Å². The van der Waals surface area contributed by atoms with Crippen molar-refractivity contribution in [3.8, 4) is 0 Å². The Hall–Kier alpha value is -0.345. The standard InChI is InChI=1S/C6H7BBrNO/c1-7(10)5-2-6(8)4-9-3-5/h2-4,10H,1H3. The van der Waals surface area contributed by atoms with Gasteiger partial charge in [0.15, 0.2) is 0 Å². The van der Waals surface area contributed by atoms with Crippen LogP contribution in [0, 0.1) is 0 Å². The van der Waals surface area contributed by atoms with E-state index in [1.807, 2.05) is 6.07 Å². The molecule has 0 atom stereocenters. The first-order chi connectivity index (χ1) is 4.70. The molecule has 1 heterocycles. The van der Waals surface area contributed by atoms with E-state index in [1.165, 1.54) is 0 Å². The lowest BCUT2D eigenvalue weighted by atomic mass is 9.65. The summed E-state index contributed by atoms with van der Waals surface area (Å²) in [7, 11) is 0. The second-order valence-corrected chi connectivity index (χ2v) is 3.03. The monoisotopic (exact) mass is 199 g/mol. The first-order valence-electron chi connectivity index (χ1n) is 2.98. The largest absolute Gasteiger partial charge is 0.446 e. The maximum atomic E-state index is 9.09. The van der Waals surface area contributed by atoms with Crippen LogP contribution in [0.25, 0.3) is 0 Å². The third-order valence-electron chi connectivity index (χ3n) is 1.21. The average Bonchev–Trinajstić information content (AvgIpc) is 1.88.